The van der Waals surface area contributed by atoms with E-state index in [0.29, 0.717) is 0 Å². The maximum Gasteiger partial charge on any atom is 0.0704 e. The molecular formula is C53H43N3. The second-order valence-electron chi connectivity index (χ2n) is 15.4. The SMILES string of the molecule is Cc1ccc(N(c2ccc(C)cc2)c2ccc3c(c2)C(Cc2ccccc2)(Cc2ccccc2)c2cc(Nc4cccc5c4[nH]c4ccccc45)ccc2-3)cc1. The number of fused-ring (bicyclic) bond motifs is 6. The van der Waals surface area contributed by atoms with Crippen LogP contribution in [0, 0.1) is 13.8 Å². The molecule has 2 N–H and O–H groups in total. The van der Waals surface area contributed by atoms with Gasteiger partial charge in [0, 0.05) is 44.5 Å². The smallest absolute Gasteiger partial charge is 0.0704 e. The van der Waals surface area contributed by atoms with Crippen LogP contribution in [0.3, 0.4) is 0 Å². The van der Waals surface area contributed by atoms with E-state index in [1.165, 1.54) is 55.3 Å². The molecule has 3 nitrogen and oxygen atoms in total. The quantitative estimate of drug-likeness (QED) is 0.155. The number of aryl methyl sites for hydroxylation is 2. The number of nitrogens with zero attached hydrogens (tertiary/aromatic N) is 1. The fourth-order valence-corrected chi connectivity index (χ4v) is 9.00. The Morgan fingerprint density at radius 3 is 1.66 bits per heavy atom. The van der Waals surface area contributed by atoms with E-state index < -0.39 is 0 Å². The summed E-state index contributed by atoms with van der Waals surface area (Å²) < 4.78 is 0. The molecule has 0 unspecified atom stereocenters. The van der Waals surface area contributed by atoms with Crippen molar-refractivity contribution in [2.45, 2.75) is 32.1 Å². The van der Waals surface area contributed by atoms with E-state index in [1.807, 2.05) is 0 Å². The lowest BCUT2D eigenvalue weighted by Gasteiger charge is -2.34. The van der Waals surface area contributed by atoms with Gasteiger partial charge in [-0.15, -0.1) is 0 Å². The van der Waals surface area contributed by atoms with Crippen LogP contribution in [0.25, 0.3) is 32.9 Å². The molecule has 10 rings (SSSR count). The van der Waals surface area contributed by atoms with Gasteiger partial charge in [-0.3, -0.25) is 0 Å². The number of anilines is 5. The highest BCUT2D eigenvalue weighted by atomic mass is 15.1. The van der Waals surface area contributed by atoms with Crippen molar-refractivity contribution in [1.82, 2.24) is 4.98 Å². The molecular weight excluding hydrogens is 679 g/mol. The Balaban J connectivity index is 1.17. The summed E-state index contributed by atoms with van der Waals surface area (Å²) in [5, 5.41) is 6.33. The van der Waals surface area contributed by atoms with Crippen molar-refractivity contribution < 1.29 is 0 Å². The summed E-state index contributed by atoms with van der Waals surface area (Å²) in [4.78, 5) is 6.11. The van der Waals surface area contributed by atoms with Crippen LogP contribution in [0.15, 0.2) is 188 Å². The van der Waals surface area contributed by atoms with E-state index in [4.69, 9.17) is 0 Å². The normalized spacial score (nSPS) is 12.8. The summed E-state index contributed by atoms with van der Waals surface area (Å²) in [6, 6.07) is 69.2. The van der Waals surface area contributed by atoms with Gasteiger partial charge in [-0.1, -0.05) is 139 Å². The van der Waals surface area contributed by atoms with Gasteiger partial charge >= 0.3 is 0 Å². The molecule has 0 spiro atoms. The molecule has 1 aliphatic carbocycles. The van der Waals surface area contributed by atoms with Crippen LogP contribution in [0.2, 0.25) is 0 Å². The number of rotatable bonds is 9. The standard InChI is InChI=1S/C53H43N3/c1-36-20-25-41(26-21-36)56(42-27-22-37(2)23-28-42)43-29-31-45-44-30-24-40(54-51-19-11-17-47-46-16-9-10-18-50(46)55-52(47)51)32-48(44)53(49(45)33-43,34-38-12-5-3-6-13-38)35-39-14-7-4-8-15-39/h3-33,54-55H,34-35H2,1-2H3. The van der Waals surface area contributed by atoms with Gasteiger partial charge in [0.1, 0.15) is 0 Å². The van der Waals surface area contributed by atoms with E-state index >= 15 is 0 Å². The highest BCUT2D eigenvalue weighted by Gasteiger charge is 2.44. The Morgan fingerprint density at radius 2 is 1.02 bits per heavy atom. The average Bonchev–Trinajstić information content (AvgIpc) is 3.74. The second kappa shape index (κ2) is 13.8. The van der Waals surface area contributed by atoms with Gasteiger partial charge in [-0.2, -0.15) is 0 Å². The molecule has 0 atom stereocenters. The Bertz CT molecular complexity index is 2750. The van der Waals surface area contributed by atoms with Gasteiger partial charge in [0.2, 0.25) is 0 Å². The lowest BCUT2D eigenvalue weighted by molar-refractivity contribution is 0.520. The first-order chi connectivity index (χ1) is 27.5. The summed E-state index contributed by atoms with van der Waals surface area (Å²) >= 11 is 0. The molecule has 56 heavy (non-hydrogen) atoms. The first kappa shape index (κ1) is 33.7. The Labute approximate surface area is 328 Å². The van der Waals surface area contributed by atoms with Gasteiger partial charge < -0.3 is 15.2 Å². The molecule has 1 aromatic heterocycles. The van der Waals surface area contributed by atoms with Crippen molar-refractivity contribution in [3.8, 4) is 11.1 Å². The van der Waals surface area contributed by atoms with Gasteiger partial charge in [-0.05, 0) is 121 Å². The maximum atomic E-state index is 3.87. The lowest BCUT2D eigenvalue weighted by atomic mass is 9.69. The zero-order valence-corrected chi connectivity index (χ0v) is 31.8. The molecule has 9 aromatic rings. The largest absolute Gasteiger partial charge is 0.354 e. The second-order valence-corrected chi connectivity index (χ2v) is 15.4. The van der Waals surface area contributed by atoms with Crippen molar-refractivity contribution in [1.29, 1.82) is 0 Å². The zero-order chi connectivity index (χ0) is 37.6. The molecule has 0 bridgehead atoms. The molecule has 8 aromatic carbocycles. The third-order valence-corrected chi connectivity index (χ3v) is 11.7. The van der Waals surface area contributed by atoms with Crippen molar-refractivity contribution in [2.24, 2.45) is 0 Å². The van der Waals surface area contributed by atoms with Crippen LogP contribution in [0.1, 0.15) is 33.4 Å². The van der Waals surface area contributed by atoms with Crippen molar-refractivity contribution in [3.63, 3.8) is 0 Å². The van der Waals surface area contributed by atoms with E-state index in [0.717, 1.165) is 52.3 Å². The summed E-state index contributed by atoms with van der Waals surface area (Å²) in [5.74, 6) is 0. The van der Waals surface area contributed by atoms with Crippen molar-refractivity contribution >= 4 is 50.2 Å². The van der Waals surface area contributed by atoms with Crippen LogP contribution in [0.5, 0.6) is 0 Å². The number of H-pyrrole nitrogens is 1. The number of para-hydroxylation sites is 2. The number of aromatic amines is 1. The molecule has 0 fully saturated rings. The van der Waals surface area contributed by atoms with Crippen LogP contribution < -0.4 is 10.2 Å². The summed E-state index contributed by atoms with van der Waals surface area (Å²) in [5.41, 5.74) is 17.9. The fraction of sp³-hybridized carbons (Fsp3) is 0.0943. The molecule has 1 aliphatic rings. The minimum absolute atomic E-state index is 0.347. The highest BCUT2D eigenvalue weighted by molar-refractivity contribution is 6.11. The topological polar surface area (TPSA) is 31.1 Å². The monoisotopic (exact) mass is 721 g/mol. The minimum atomic E-state index is -0.347. The number of hydrogen-bond acceptors (Lipinski definition) is 2. The fourth-order valence-electron chi connectivity index (χ4n) is 9.00. The predicted octanol–water partition coefficient (Wildman–Crippen LogP) is 13.9. The molecule has 1 heterocycles. The van der Waals surface area contributed by atoms with E-state index in [1.54, 1.807) is 0 Å². The highest BCUT2D eigenvalue weighted by Crippen LogP contribution is 2.55. The van der Waals surface area contributed by atoms with E-state index in [-0.39, 0.29) is 5.41 Å². The molecule has 0 radical (unpaired) electrons. The predicted molar refractivity (Wildman–Crippen MR) is 236 cm³/mol. The minimum Gasteiger partial charge on any atom is -0.354 e. The molecule has 3 heteroatoms. The van der Waals surface area contributed by atoms with Gasteiger partial charge in [-0.25, -0.2) is 0 Å². The Morgan fingerprint density at radius 1 is 0.482 bits per heavy atom. The van der Waals surface area contributed by atoms with E-state index in [9.17, 15) is 0 Å². The van der Waals surface area contributed by atoms with Crippen molar-refractivity contribution in [3.05, 3.63) is 221 Å². The first-order valence-electron chi connectivity index (χ1n) is 19.6. The maximum absolute atomic E-state index is 3.87. The molecule has 0 saturated heterocycles. The van der Waals surface area contributed by atoms with Gasteiger partial charge in [0.05, 0.1) is 11.2 Å². The van der Waals surface area contributed by atoms with Crippen LogP contribution >= 0.6 is 0 Å². The summed E-state index contributed by atoms with van der Waals surface area (Å²) in [6.45, 7) is 4.30. The van der Waals surface area contributed by atoms with Crippen LogP contribution in [-0.2, 0) is 18.3 Å². The molecule has 270 valence electrons. The number of benzene rings is 8. The molecule has 0 amide bonds. The summed E-state index contributed by atoms with van der Waals surface area (Å²) in [7, 11) is 0. The van der Waals surface area contributed by atoms with Crippen LogP contribution in [0.4, 0.5) is 28.4 Å². The van der Waals surface area contributed by atoms with Crippen molar-refractivity contribution in [2.75, 3.05) is 10.2 Å². The Kier molecular flexibility index (Phi) is 8.30. The van der Waals surface area contributed by atoms with Gasteiger partial charge in [0.25, 0.3) is 0 Å². The summed E-state index contributed by atoms with van der Waals surface area (Å²) in [6.07, 6.45) is 1.73. The average molecular weight is 722 g/mol. The molecule has 0 aliphatic heterocycles. The van der Waals surface area contributed by atoms with Crippen LogP contribution in [-0.4, -0.2) is 4.98 Å². The van der Waals surface area contributed by atoms with E-state index in [2.05, 4.69) is 217 Å². The number of hydrogen-bond donors (Lipinski definition) is 2. The third kappa shape index (κ3) is 5.93. The zero-order valence-electron chi connectivity index (χ0n) is 31.8. The number of aromatic nitrogens is 1. The molecule has 0 saturated carbocycles. The third-order valence-electron chi connectivity index (χ3n) is 11.7. The lowest BCUT2D eigenvalue weighted by Crippen LogP contribution is -2.31. The first-order valence-corrected chi connectivity index (χ1v) is 19.6. The van der Waals surface area contributed by atoms with Gasteiger partial charge in [0.15, 0.2) is 0 Å². The Hall–Kier alpha value is -6.84. The number of nitrogens with one attached hydrogen (secondary N) is 2.